The van der Waals surface area contributed by atoms with Crippen LogP contribution >= 0.6 is 0 Å². The lowest BCUT2D eigenvalue weighted by atomic mass is 10.1. The van der Waals surface area contributed by atoms with Crippen LogP contribution in [-0.4, -0.2) is 34.2 Å². The number of carbonyl (C=O) groups is 1. The van der Waals surface area contributed by atoms with E-state index in [0.29, 0.717) is 53.0 Å². The predicted molar refractivity (Wildman–Crippen MR) is 89.9 cm³/mol. The van der Waals surface area contributed by atoms with Crippen LogP contribution in [-0.2, 0) is 0 Å². The van der Waals surface area contributed by atoms with Gasteiger partial charge < -0.3 is 14.2 Å². The standard InChI is InChI=1S/C18H16N4O3/c1-10-15-12(9-13(11-4-5-11)20-17(15)25-21-10)18(23)22-7-8-24-16-14(22)3-2-6-19-16/h2-3,6,9,11H,4-5,7-8H2,1H3. The number of rotatable bonds is 2. The minimum atomic E-state index is -0.0989. The number of aromatic nitrogens is 3. The van der Waals surface area contributed by atoms with Crippen molar-refractivity contribution >= 4 is 22.7 Å². The van der Waals surface area contributed by atoms with Crippen molar-refractivity contribution in [2.24, 2.45) is 0 Å². The topological polar surface area (TPSA) is 81.4 Å². The Bertz CT molecular complexity index is 993. The second-order valence-electron chi connectivity index (χ2n) is 6.45. The summed E-state index contributed by atoms with van der Waals surface area (Å²) < 4.78 is 10.9. The smallest absolute Gasteiger partial charge is 0.259 e. The van der Waals surface area contributed by atoms with E-state index in [-0.39, 0.29) is 5.91 Å². The molecule has 0 radical (unpaired) electrons. The molecule has 0 spiro atoms. The summed E-state index contributed by atoms with van der Waals surface area (Å²) in [6, 6.07) is 5.55. The van der Waals surface area contributed by atoms with Crippen LogP contribution in [0.1, 0.15) is 40.5 Å². The van der Waals surface area contributed by atoms with Crippen LogP contribution < -0.4 is 9.64 Å². The number of hydrogen-bond donors (Lipinski definition) is 0. The van der Waals surface area contributed by atoms with Crippen molar-refractivity contribution < 1.29 is 14.1 Å². The molecule has 0 aromatic carbocycles. The van der Waals surface area contributed by atoms with Crippen molar-refractivity contribution in [2.75, 3.05) is 18.1 Å². The normalized spacial score (nSPS) is 16.6. The molecule has 4 heterocycles. The van der Waals surface area contributed by atoms with Gasteiger partial charge in [0.25, 0.3) is 11.6 Å². The Morgan fingerprint density at radius 2 is 2.24 bits per heavy atom. The van der Waals surface area contributed by atoms with Crippen LogP contribution in [0, 0.1) is 6.92 Å². The van der Waals surface area contributed by atoms with Gasteiger partial charge in [-0.2, -0.15) is 0 Å². The van der Waals surface area contributed by atoms with E-state index in [9.17, 15) is 4.79 Å². The van der Waals surface area contributed by atoms with Gasteiger partial charge in [0.1, 0.15) is 12.3 Å². The fourth-order valence-electron chi connectivity index (χ4n) is 3.28. The molecule has 0 atom stereocenters. The van der Waals surface area contributed by atoms with Gasteiger partial charge in [-0.3, -0.25) is 4.79 Å². The average Bonchev–Trinajstić information content (AvgIpc) is 3.44. The van der Waals surface area contributed by atoms with Gasteiger partial charge in [0.15, 0.2) is 0 Å². The monoisotopic (exact) mass is 336 g/mol. The summed E-state index contributed by atoms with van der Waals surface area (Å²) in [5.41, 5.74) is 3.29. The summed E-state index contributed by atoms with van der Waals surface area (Å²) in [4.78, 5) is 23.8. The van der Waals surface area contributed by atoms with Gasteiger partial charge in [-0.15, -0.1) is 0 Å². The van der Waals surface area contributed by atoms with Gasteiger partial charge in [0.05, 0.1) is 23.2 Å². The van der Waals surface area contributed by atoms with E-state index >= 15 is 0 Å². The summed E-state index contributed by atoms with van der Waals surface area (Å²) in [5.74, 6) is 0.801. The Morgan fingerprint density at radius 1 is 1.36 bits per heavy atom. The molecule has 0 saturated heterocycles. The van der Waals surface area contributed by atoms with Crippen LogP contribution in [0.5, 0.6) is 5.88 Å². The van der Waals surface area contributed by atoms with Crippen LogP contribution in [0.15, 0.2) is 28.9 Å². The second kappa shape index (κ2) is 5.27. The first-order chi connectivity index (χ1) is 12.2. The highest BCUT2D eigenvalue weighted by molar-refractivity contribution is 6.14. The summed E-state index contributed by atoms with van der Waals surface area (Å²) in [6.07, 6.45) is 3.86. The zero-order valence-corrected chi connectivity index (χ0v) is 13.7. The molecule has 1 saturated carbocycles. The summed E-state index contributed by atoms with van der Waals surface area (Å²) in [6.45, 7) is 2.72. The van der Waals surface area contributed by atoms with Gasteiger partial charge in [-0.1, -0.05) is 5.16 Å². The average molecular weight is 336 g/mol. The molecule has 126 valence electrons. The van der Waals surface area contributed by atoms with E-state index in [1.807, 2.05) is 19.1 Å². The van der Waals surface area contributed by atoms with Gasteiger partial charge in [0, 0.05) is 17.8 Å². The minimum absolute atomic E-state index is 0.0989. The fourth-order valence-corrected chi connectivity index (χ4v) is 3.28. The number of fused-ring (bicyclic) bond motifs is 2. The van der Waals surface area contributed by atoms with E-state index < -0.39 is 0 Å². The van der Waals surface area contributed by atoms with Gasteiger partial charge >= 0.3 is 0 Å². The Balaban J connectivity index is 1.66. The number of amides is 1. The van der Waals surface area contributed by atoms with Gasteiger partial charge in [-0.05, 0) is 38.0 Å². The zero-order chi connectivity index (χ0) is 17.0. The maximum Gasteiger partial charge on any atom is 0.259 e. The SMILES string of the molecule is Cc1noc2nc(C3CC3)cc(C(=O)N3CCOc4ncccc43)c12. The first kappa shape index (κ1) is 14.4. The Kier molecular flexibility index (Phi) is 3.03. The van der Waals surface area contributed by atoms with Crippen molar-refractivity contribution in [3.05, 3.63) is 41.3 Å². The maximum atomic E-state index is 13.4. The lowest BCUT2D eigenvalue weighted by molar-refractivity contribution is 0.0977. The molecule has 5 rings (SSSR count). The third kappa shape index (κ3) is 2.26. The molecule has 1 aliphatic carbocycles. The van der Waals surface area contributed by atoms with E-state index in [2.05, 4.69) is 15.1 Å². The third-order valence-corrected chi connectivity index (χ3v) is 4.70. The highest BCUT2D eigenvalue weighted by Crippen LogP contribution is 2.41. The van der Waals surface area contributed by atoms with Gasteiger partial charge in [0.2, 0.25) is 5.88 Å². The minimum Gasteiger partial charge on any atom is -0.474 e. The molecule has 2 aliphatic rings. The highest BCUT2D eigenvalue weighted by atomic mass is 16.5. The van der Waals surface area contributed by atoms with Crippen molar-refractivity contribution in [3.8, 4) is 5.88 Å². The number of carbonyl (C=O) groups excluding carboxylic acids is 1. The van der Waals surface area contributed by atoms with Crippen molar-refractivity contribution in [1.82, 2.24) is 15.1 Å². The number of pyridine rings is 2. The second-order valence-corrected chi connectivity index (χ2v) is 6.45. The van der Waals surface area contributed by atoms with Crippen molar-refractivity contribution in [2.45, 2.75) is 25.7 Å². The lowest BCUT2D eigenvalue weighted by Gasteiger charge is -2.28. The summed E-state index contributed by atoms with van der Waals surface area (Å²) >= 11 is 0. The van der Waals surface area contributed by atoms with Crippen LogP contribution in [0.2, 0.25) is 0 Å². The molecule has 0 bridgehead atoms. The predicted octanol–water partition coefficient (Wildman–Crippen LogP) is 2.84. The molecule has 1 aliphatic heterocycles. The Hall–Kier alpha value is -2.96. The molecule has 0 unspecified atom stereocenters. The molecule has 7 nitrogen and oxygen atoms in total. The zero-order valence-electron chi connectivity index (χ0n) is 13.7. The van der Waals surface area contributed by atoms with Gasteiger partial charge in [-0.25, -0.2) is 9.97 Å². The summed E-state index contributed by atoms with van der Waals surface area (Å²) in [7, 11) is 0. The largest absolute Gasteiger partial charge is 0.474 e. The quantitative estimate of drug-likeness (QED) is 0.716. The molecular weight excluding hydrogens is 320 g/mol. The number of nitrogens with zero attached hydrogens (tertiary/aromatic N) is 4. The van der Waals surface area contributed by atoms with E-state index in [1.54, 1.807) is 17.2 Å². The molecule has 0 N–H and O–H groups in total. The third-order valence-electron chi connectivity index (χ3n) is 4.70. The molecule has 7 heteroatoms. The van der Waals surface area contributed by atoms with Crippen LogP contribution in [0.4, 0.5) is 5.69 Å². The highest BCUT2D eigenvalue weighted by Gasteiger charge is 2.32. The van der Waals surface area contributed by atoms with E-state index in [1.165, 1.54) is 0 Å². The number of ether oxygens (including phenoxy) is 1. The molecule has 3 aromatic heterocycles. The van der Waals surface area contributed by atoms with E-state index in [0.717, 1.165) is 18.5 Å². The van der Waals surface area contributed by atoms with Crippen molar-refractivity contribution in [3.63, 3.8) is 0 Å². The molecule has 1 fully saturated rings. The molecule has 1 amide bonds. The van der Waals surface area contributed by atoms with Crippen LogP contribution in [0.25, 0.3) is 11.1 Å². The molecule has 3 aromatic rings. The van der Waals surface area contributed by atoms with Crippen molar-refractivity contribution in [1.29, 1.82) is 0 Å². The lowest BCUT2D eigenvalue weighted by Crippen LogP contribution is -2.38. The first-order valence-electron chi connectivity index (χ1n) is 8.39. The Labute approximate surface area is 143 Å². The molecule has 25 heavy (non-hydrogen) atoms. The fraction of sp³-hybridized carbons (Fsp3) is 0.333. The van der Waals surface area contributed by atoms with E-state index in [4.69, 9.17) is 9.26 Å². The van der Waals surface area contributed by atoms with Crippen LogP contribution in [0.3, 0.4) is 0 Å². The summed E-state index contributed by atoms with van der Waals surface area (Å²) in [5, 5.41) is 4.69. The number of anilines is 1. The first-order valence-corrected chi connectivity index (χ1v) is 8.39. The Morgan fingerprint density at radius 3 is 3.08 bits per heavy atom. The number of hydrogen-bond acceptors (Lipinski definition) is 6. The number of aryl methyl sites for hydroxylation is 1. The maximum absolute atomic E-state index is 13.4. The molecular formula is C18H16N4O3.